The minimum atomic E-state index is 0.614. The molecule has 16 aromatic carbocycles. The highest BCUT2D eigenvalue weighted by atomic mass is 16.3. The molecule has 0 aliphatic heterocycles. The first-order chi connectivity index (χ1) is 54.5. The smallest absolute Gasteiger partial charge is 0.162 e. The van der Waals surface area contributed by atoms with Crippen LogP contribution in [0.2, 0.25) is 0 Å². The topological polar surface area (TPSA) is 104 Å². The molecule has 0 amide bonds. The van der Waals surface area contributed by atoms with Crippen LogP contribution < -0.4 is 0 Å². The molecular formula is C102H62N6O2. The normalized spacial score (nSPS) is 11.6. The largest absolute Gasteiger partial charge is 0.455 e. The van der Waals surface area contributed by atoms with E-state index in [-0.39, 0.29) is 0 Å². The second kappa shape index (κ2) is 26.6. The van der Waals surface area contributed by atoms with Gasteiger partial charge in [0.2, 0.25) is 0 Å². The Balaban J connectivity index is 0.000000143. The number of rotatable bonds is 10. The molecule has 0 aliphatic carbocycles. The third-order valence-corrected chi connectivity index (χ3v) is 21.4. The number of hydrogen-bond acceptors (Lipinski definition) is 8. The molecule has 6 aromatic heterocycles. The maximum Gasteiger partial charge on any atom is 0.162 e. The third-order valence-electron chi connectivity index (χ3n) is 21.4. The Bertz CT molecular complexity index is 7310. The highest BCUT2D eigenvalue weighted by Crippen LogP contribution is 2.47. The van der Waals surface area contributed by atoms with Crippen LogP contribution in [0.5, 0.6) is 0 Å². The van der Waals surface area contributed by atoms with Crippen molar-refractivity contribution in [3.63, 3.8) is 0 Å². The number of para-hydroxylation sites is 3. The molecule has 0 saturated carbocycles. The standard InChI is InChI=1S/C57H35N3O.C45H27N3O/c1-3-13-36(14-4-1)37-23-27-39(28-24-37)50-35-51(60-57(59-50)41-15-5-2-6-16-41)40-29-25-38(26-30-40)42-31-32-47-52(34-42)58-55(54-48-21-11-12-22-53(48)61-56(47)54)49-33-43-17-7-8-18-44(43)45-19-9-10-20-46(45)49;1-3-14-28(15-4-1)38-27-39(29-16-5-2-6-17-29)47-45(46-38)36-24-13-23-35-42(36)48-43(41-34-22-11-12-25-40(34)49-44(35)41)37-26-30-18-7-8-19-31(30)32-20-9-10-21-33(32)37/h1-35H;1-27H. The number of pyridine rings is 2. The van der Waals surface area contributed by atoms with Gasteiger partial charge in [0.15, 0.2) is 11.6 Å². The molecule has 6 heterocycles. The van der Waals surface area contributed by atoms with Crippen molar-refractivity contribution in [1.82, 2.24) is 29.9 Å². The lowest BCUT2D eigenvalue weighted by Crippen LogP contribution is -1.98. The van der Waals surface area contributed by atoms with Gasteiger partial charge in [0.1, 0.15) is 22.3 Å². The van der Waals surface area contributed by atoms with E-state index in [0.717, 1.165) is 161 Å². The van der Waals surface area contributed by atoms with E-state index in [9.17, 15) is 0 Å². The molecule has 0 unspecified atom stereocenters. The van der Waals surface area contributed by atoms with Crippen molar-refractivity contribution in [3.05, 3.63) is 376 Å². The molecule has 22 aromatic rings. The highest BCUT2D eigenvalue weighted by molar-refractivity contribution is 6.26. The van der Waals surface area contributed by atoms with Crippen LogP contribution in [0.15, 0.2) is 385 Å². The van der Waals surface area contributed by atoms with Crippen molar-refractivity contribution < 1.29 is 8.83 Å². The second-order valence-electron chi connectivity index (χ2n) is 27.9. The van der Waals surface area contributed by atoms with Gasteiger partial charge in [-0.15, -0.1) is 0 Å². The molecule has 8 nitrogen and oxygen atoms in total. The van der Waals surface area contributed by atoms with Gasteiger partial charge in [0.05, 0.1) is 56.0 Å². The average Bonchev–Trinajstić information content (AvgIpc) is 1.40. The van der Waals surface area contributed by atoms with E-state index in [1.165, 1.54) is 48.8 Å². The third kappa shape index (κ3) is 11.2. The maximum atomic E-state index is 6.72. The van der Waals surface area contributed by atoms with Crippen molar-refractivity contribution in [2.45, 2.75) is 0 Å². The lowest BCUT2D eigenvalue weighted by Gasteiger charge is -2.14. The zero-order chi connectivity index (χ0) is 72.6. The molecule has 0 fully saturated rings. The first-order valence-corrected chi connectivity index (χ1v) is 37.0. The van der Waals surface area contributed by atoms with Gasteiger partial charge in [-0.25, -0.2) is 29.9 Å². The number of fused-ring (bicyclic) bond motifs is 16. The summed E-state index contributed by atoms with van der Waals surface area (Å²) in [5.41, 5.74) is 22.9. The van der Waals surface area contributed by atoms with Crippen molar-refractivity contribution >= 4 is 109 Å². The number of benzene rings is 16. The Kier molecular flexibility index (Phi) is 15.4. The van der Waals surface area contributed by atoms with Crippen LogP contribution in [0, 0.1) is 0 Å². The van der Waals surface area contributed by atoms with E-state index < -0.39 is 0 Å². The molecule has 22 rings (SSSR count). The van der Waals surface area contributed by atoms with Gasteiger partial charge >= 0.3 is 0 Å². The zero-order valence-electron chi connectivity index (χ0n) is 59.3. The summed E-state index contributed by atoms with van der Waals surface area (Å²) in [5, 5.41) is 15.6. The number of furan rings is 2. The lowest BCUT2D eigenvalue weighted by atomic mass is 9.93. The van der Waals surface area contributed by atoms with Gasteiger partial charge in [0.25, 0.3) is 0 Å². The monoisotopic (exact) mass is 1400 g/mol. The summed E-state index contributed by atoms with van der Waals surface area (Å²) in [7, 11) is 0. The zero-order valence-corrected chi connectivity index (χ0v) is 59.3. The van der Waals surface area contributed by atoms with E-state index in [2.05, 4.69) is 291 Å². The van der Waals surface area contributed by atoms with Gasteiger partial charge < -0.3 is 8.83 Å². The van der Waals surface area contributed by atoms with Crippen LogP contribution in [-0.2, 0) is 0 Å². The summed E-state index contributed by atoms with van der Waals surface area (Å²) >= 11 is 0. The fourth-order valence-corrected chi connectivity index (χ4v) is 16.0. The predicted octanol–water partition coefficient (Wildman–Crippen LogP) is 27.1. The number of hydrogen-bond donors (Lipinski definition) is 0. The molecule has 110 heavy (non-hydrogen) atoms. The Labute approximate surface area is 632 Å². The predicted molar refractivity (Wildman–Crippen MR) is 454 cm³/mol. The Morgan fingerprint density at radius 2 is 0.545 bits per heavy atom. The second-order valence-corrected chi connectivity index (χ2v) is 27.9. The fraction of sp³-hybridized carbons (Fsp3) is 0. The highest BCUT2D eigenvalue weighted by Gasteiger charge is 2.25. The SMILES string of the molecule is c1ccc(-c2cc(-c3ccccc3)nc(-c3cccc4c3nc(-c3cc5ccccc5c5ccccc35)c3c5ccccc5oc43)n2)cc1.c1ccc(-c2ccc(-c3cc(-c4ccc(-c5ccc6c(c5)nc(-c5cc7ccccc7c7ccccc57)c5c7ccccc7oc65)cc4)nc(-c4ccccc4)n3)cc2)cc1. The van der Waals surface area contributed by atoms with Crippen LogP contribution >= 0.6 is 0 Å². The molecular weight excluding hydrogens is 1340 g/mol. The molecule has 0 aliphatic rings. The summed E-state index contributed by atoms with van der Waals surface area (Å²) in [4.78, 5) is 31.7. The molecule has 0 N–H and O–H groups in total. The minimum absolute atomic E-state index is 0.614. The van der Waals surface area contributed by atoms with E-state index in [0.29, 0.717) is 11.6 Å². The quantitative estimate of drug-likeness (QED) is 0.125. The summed E-state index contributed by atoms with van der Waals surface area (Å²) in [6.45, 7) is 0. The summed E-state index contributed by atoms with van der Waals surface area (Å²) < 4.78 is 13.4. The van der Waals surface area contributed by atoms with Gasteiger partial charge in [-0.3, -0.25) is 0 Å². The molecule has 0 atom stereocenters. The van der Waals surface area contributed by atoms with Gasteiger partial charge in [-0.2, -0.15) is 0 Å². The fourth-order valence-electron chi connectivity index (χ4n) is 16.0. The van der Waals surface area contributed by atoms with E-state index in [1.807, 2.05) is 84.9 Å². The van der Waals surface area contributed by atoms with Crippen LogP contribution in [-0.4, -0.2) is 29.9 Å². The van der Waals surface area contributed by atoms with Crippen molar-refractivity contribution in [1.29, 1.82) is 0 Å². The first-order valence-electron chi connectivity index (χ1n) is 37.0. The first kappa shape index (κ1) is 63.6. The molecule has 0 radical (unpaired) electrons. The molecule has 0 saturated heterocycles. The molecule has 0 spiro atoms. The summed E-state index contributed by atoms with van der Waals surface area (Å²) in [6, 6.07) is 131. The van der Waals surface area contributed by atoms with E-state index in [4.69, 9.17) is 38.7 Å². The van der Waals surface area contributed by atoms with Gasteiger partial charge in [0, 0.05) is 66.1 Å². The number of aromatic nitrogens is 6. The van der Waals surface area contributed by atoms with Gasteiger partial charge in [-0.05, 0) is 126 Å². The van der Waals surface area contributed by atoms with Crippen LogP contribution in [0.3, 0.4) is 0 Å². The summed E-state index contributed by atoms with van der Waals surface area (Å²) in [5.74, 6) is 1.31. The van der Waals surface area contributed by atoms with Crippen LogP contribution in [0.4, 0.5) is 0 Å². The van der Waals surface area contributed by atoms with Crippen LogP contribution in [0.25, 0.3) is 221 Å². The molecule has 0 bridgehead atoms. The maximum absolute atomic E-state index is 6.72. The Morgan fingerprint density at radius 3 is 1.05 bits per heavy atom. The Hall–Kier alpha value is -14.9. The molecule has 512 valence electrons. The minimum Gasteiger partial charge on any atom is -0.455 e. The summed E-state index contributed by atoms with van der Waals surface area (Å²) in [6.07, 6.45) is 0. The Morgan fingerprint density at radius 1 is 0.191 bits per heavy atom. The van der Waals surface area contributed by atoms with Crippen molar-refractivity contribution in [2.75, 3.05) is 0 Å². The number of nitrogens with zero attached hydrogens (tertiary/aromatic N) is 6. The lowest BCUT2D eigenvalue weighted by molar-refractivity contribution is 0.672. The van der Waals surface area contributed by atoms with Crippen molar-refractivity contribution in [2.24, 2.45) is 0 Å². The average molecular weight is 1400 g/mol. The van der Waals surface area contributed by atoms with Crippen molar-refractivity contribution in [3.8, 4) is 113 Å². The molecule has 8 heteroatoms. The van der Waals surface area contributed by atoms with E-state index in [1.54, 1.807) is 0 Å². The van der Waals surface area contributed by atoms with E-state index >= 15 is 0 Å². The van der Waals surface area contributed by atoms with Gasteiger partial charge in [-0.1, -0.05) is 315 Å². The van der Waals surface area contributed by atoms with Crippen LogP contribution in [0.1, 0.15) is 0 Å².